The Morgan fingerprint density at radius 1 is 1.86 bits per heavy atom. The van der Waals surface area contributed by atoms with Gasteiger partial charge in [-0.2, -0.15) is 0 Å². The van der Waals surface area contributed by atoms with Crippen molar-refractivity contribution in [2.75, 3.05) is 7.11 Å². The molecule has 0 aliphatic heterocycles. The average Bonchev–Trinajstić information content (AvgIpc) is 1.68. The number of rotatable bonds is 2. The van der Waals surface area contributed by atoms with Gasteiger partial charge in [-0.15, -0.1) is 0 Å². The van der Waals surface area contributed by atoms with Crippen LogP contribution in [0.4, 0.5) is 0 Å². The fourth-order valence-electron chi connectivity index (χ4n) is 0.181. The molecule has 0 saturated heterocycles. The molecule has 0 saturated carbocycles. The summed E-state index contributed by atoms with van der Waals surface area (Å²) in [5.41, 5.74) is 0.794. The molecule has 0 spiro atoms. The van der Waals surface area contributed by atoms with Gasteiger partial charge in [-0.3, -0.25) is 0 Å². The molecule has 0 heterocycles. The van der Waals surface area contributed by atoms with Gasteiger partial charge in [0.2, 0.25) is 0 Å². The third kappa shape index (κ3) is 3.03. The second-order valence-electron chi connectivity index (χ2n) is 1.12. The number of hydrogen-bond acceptors (Lipinski definition) is 2. The van der Waals surface area contributed by atoms with E-state index in [1.807, 2.05) is 6.92 Å². The molecule has 7 heavy (non-hydrogen) atoms. The highest BCUT2D eigenvalue weighted by molar-refractivity contribution is 5.91. The van der Waals surface area contributed by atoms with Crippen LogP contribution in [0.2, 0.25) is 0 Å². The maximum atomic E-state index is 4.41. The quantitative estimate of drug-likeness (QED) is 0.376. The van der Waals surface area contributed by atoms with Crippen LogP contribution in [0.1, 0.15) is 6.92 Å². The molecule has 2 nitrogen and oxygen atoms in total. The smallest absolute Gasteiger partial charge is 0.106 e. The van der Waals surface area contributed by atoms with Gasteiger partial charge in [0.15, 0.2) is 0 Å². The van der Waals surface area contributed by atoms with Crippen LogP contribution < -0.4 is 0 Å². The van der Waals surface area contributed by atoms with Crippen molar-refractivity contribution in [2.24, 2.45) is 5.16 Å². The highest BCUT2D eigenvalue weighted by atomic mass is 16.6. The lowest BCUT2D eigenvalue weighted by Gasteiger charge is -1.85. The van der Waals surface area contributed by atoms with E-state index in [0.717, 1.165) is 5.71 Å². The third-order valence-corrected chi connectivity index (χ3v) is 0.531. The van der Waals surface area contributed by atoms with Crippen LogP contribution in [0.5, 0.6) is 0 Å². The Morgan fingerprint density at radius 3 is 2.57 bits per heavy atom. The molecule has 0 atom stereocenters. The van der Waals surface area contributed by atoms with Gasteiger partial charge in [-0.05, 0) is 13.0 Å². The molecule has 0 bridgehead atoms. The average molecular weight is 99.1 g/mol. The minimum atomic E-state index is 0.794. The molecule has 2 heteroatoms. The van der Waals surface area contributed by atoms with Crippen molar-refractivity contribution in [3.8, 4) is 0 Å². The van der Waals surface area contributed by atoms with Crippen molar-refractivity contribution in [3.05, 3.63) is 12.7 Å². The second kappa shape index (κ2) is 3.40. The molecule has 0 amide bonds. The van der Waals surface area contributed by atoms with E-state index < -0.39 is 0 Å². The summed E-state index contributed by atoms with van der Waals surface area (Å²) < 4.78 is 0. The zero-order valence-corrected chi connectivity index (χ0v) is 4.64. The summed E-state index contributed by atoms with van der Waals surface area (Å²) in [5, 5.41) is 3.54. The Bertz CT molecular complexity index is 86.1. The summed E-state index contributed by atoms with van der Waals surface area (Å²) in [6.07, 6.45) is 1.63. The predicted octanol–water partition coefficient (Wildman–Crippen LogP) is 1.19. The van der Waals surface area contributed by atoms with Crippen molar-refractivity contribution >= 4 is 5.71 Å². The zero-order chi connectivity index (χ0) is 5.70. The molecule has 0 unspecified atom stereocenters. The topological polar surface area (TPSA) is 21.6 Å². The first-order valence-corrected chi connectivity index (χ1v) is 2.01. The van der Waals surface area contributed by atoms with Crippen LogP contribution in [0.25, 0.3) is 0 Å². The fourth-order valence-corrected chi connectivity index (χ4v) is 0.181. The molecule has 0 aromatic carbocycles. The summed E-state index contributed by atoms with van der Waals surface area (Å²) in [6, 6.07) is 0. The highest BCUT2D eigenvalue weighted by Gasteiger charge is 1.74. The van der Waals surface area contributed by atoms with Gasteiger partial charge in [0, 0.05) is 0 Å². The minimum Gasteiger partial charge on any atom is -0.399 e. The largest absolute Gasteiger partial charge is 0.399 e. The van der Waals surface area contributed by atoms with Crippen LogP contribution in [-0.4, -0.2) is 12.8 Å². The van der Waals surface area contributed by atoms with Gasteiger partial charge < -0.3 is 4.84 Å². The molecule has 0 rings (SSSR count). The van der Waals surface area contributed by atoms with Gasteiger partial charge in [0.25, 0.3) is 0 Å². The van der Waals surface area contributed by atoms with Gasteiger partial charge in [-0.1, -0.05) is 11.7 Å². The number of oxime groups is 1. The van der Waals surface area contributed by atoms with E-state index in [1.54, 1.807) is 6.08 Å². The van der Waals surface area contributed by atoms with E-state index in [1.165, 1.54) is 7.11 Å². The Hall–Kier alpha value is -0.790. The minimum absolute atomic E-state index is 0.794. The molecule has 0 radical (unpaired) electrons. The van der Waals surface area contributed by atoms with Gasteiger partial charge in [0.05, 0.1) is 5.71 Å². The fraction of sp³-hybridized carbons (Fsp3) is 0.400. The number of hydrogen-bond donors (Lipinski definition) is 0. The lowest BCUT2D eigenvalue weighted by Crippen LogP contribution is -1.82. The Kier molecular flexibility index (Phi) is 3.02. The van der Waals surface area contributed by atoms with E-state index >= 15 is 0 Å². The van der Waals surface area contributed by atoms with E-state index in [0.29, 0.717) is 0 Å². The van der Waals surface area contributed by atoms with E-state index in [4.69, 9.17) is 0 Å². The summed E-state index contributed by atoms with van der Waals surface area (Å²) in [4.78, 5) is 4.41. The Balaban J connectivity index is 3.49. The number of nitrogens with zero attached hydrogens (tertiary/aromatic N) is 1. The van der Waals surface area contributed by atoms with Gasteiger partial charge in [0.1, 0.15) is 7.11 Å². The first-order chi connectivity index (χ1) is 3.31. The predicted molar refractivity (Wildman–Crippen MR) is 30.3 cm³/mol. The van der Waals surface area contributed by atoms with Gasteiger partial charge >= 0.3 is 0 Å². The molecular weight excluding hydrogens is 90.1 g/mol. The van der Waals surface area contributed by atoms with Crippen LogP contribution in [-0.2, 0) is 4.84 Å². The summed E-state index contributed by atoms with van der Waals surface area (Å²) in [6.45, 7) is 5.28. The Labute approximate surface area is 43.5 Å². The van der Waals surface area contributed by atoms with Crippen molar-refractivity contribution < 1.29 is 4.84 Å². The lowest BCUT2D eigenvalue weighted by atomic mass is 10.4. The van der Waals surface area contributed by atoms with Crippen LogP contribution >= 0.6 is 0 Å². The maximum Gasteiger partial charge on any atom is 0.106 e. The lowest BCUT2D eigenvalue weighted by molar-refractivity contribution is 0.213. The molecule has 0 fully saturated rings. The molecule has 40 valence electrons. The maximum absolute atomic E-state index is 4.41. The van der Waals surface area contributed by atoms with E-state index in [2.05, 4.69) is 16.6 Å². The summed E-state index contributed by atoms with van der Waals surface area (Å²) in [5.74, 6) is 0. The van der Waals surface area contributed by atoms with Crippen molar-refractivity contribution in [1.82, 2.24) is 0 Å². The number of allylic oxidation sites excluding steroid dienone is 1. The highest BCUT2D eigenvalue weighted by Crippen LogP contribution is 1.75. The molecule has 0 aromatic heterocycles. The normalized spacial score (nSPS) is 10.9. The molecular formula is C5H9NO. The summed E-state index contributed by atoms with van der Waals surface area (Å²) >= 11 is 0. The van der Waals surface area contributed by atoms with E-state index in [-0.39, 0.29) is 0 Å². The van der Waals surface area contributed by atoms with Gasteiger partial charge in [-0.25, -0.2) is 0 Å². The van der Waals surface area contributed by atoms with Crippen LogP contribution in [0.15, 0.2) is 17.8 Å². The second-order valence-corrected chi connectivity index (χ2v) is 1.12. The zero-order valence-electron chi connectivity index (χ0n) is 4.64. The third-order valence-electron chi connectivity index (χ3n) is 0.531. The van der Waals surface area contributed by atoms with Crippen LogP contribution in [0.3, 0.4) is 0 Å². The summed E-state index contributed by atoms with van der Waals surface area (Å²) in [7, 11) is 1.51. The first-order valence-electron chi connectivity index (χ1n) is 2.01. The Morgan fingerprint density at radius 2 is 2.43 bits per heavy atom. The molecule has 0 aliphatic rings. The monoisotopic (exact) mass is 99.1 g/mol. The van der Waals surface area contributed by atoms with E-state index in [9.17, 15) is 0 Å². The molecule has 0 aromatic rings. The molecule has 0 aliphatic carbocycles. The van der Waals surface area contributed by atoms with Crippen LogP contribution in [0, 0.1) is 0 Å². The van der Waals surface area contributed by atoms with Crippen molar-refractivity contribution in [2.45, 2.75) is 6.92 Å². The molecule has 0 N–H and O–H groups in total. The standard InChI is InChI=1S/C5H9NO/c1-4-5(2)6-7-3/h4H,1H2,2-3H3. The SMILES string of the molecule is C=CC(C)=NOC. The van der Waals surface area contributed by atoms with Crippen molar-refractivity contribution in [3.63, 3.8) is 0 Å². The van der Waals surface area contributed by atoms with Crippen molar-refractivity contribution in [1.29, 1.82) is 0 Å². The first kappa shape index (κ1) is 6.21.